The highest BCUT2D eigenvalue weighted by Crippen LogP contribution is 2.27. The highest BCUT2D eigenvalue weighted by atomic mass is 16.5. The molecule has 0 spiro atoms. The lowest BCUT2D eigenvalue weighted by Crippen LogP contribution is -2.12. The number of hydrogen-bond acceptors (Lipinski definition) is 3. The Kier molecular flexibility index (Phi) is 4.39. The number of benzene rings is 2. The first-order valence-electron chi connectivity index (χ1n) is 6.72. The SMILES string of the molecule is COc1ccc(C)cc1C(=O)C(C#N)c1ccc(C)cc1. The van der Waals surface area contributed by atoms with E-state index in [1.807, 2.05) is 44.2 Å². The predicted octanol–water partition coefficient (Wildman–Crippen LogP) is 3.80. The molecule has 2 aromatic carbocycles. The lowest BCUT2D eigenvalue weighted by molar-refractivity contribution is 0.0976. The Morgan fingerprint density at radius 3 is 2.29 bits per heavy atom. The van der Waals surface area contributed by atoms with E-state index in [-0.39, 0.29) is 5.78 Å². The zero-order chi connectivity index (χ0) is 15.4. The molecule has 1 atom stereocenters. The molecule has 21 heavy (non-hydrogen) atoms. The molecule has 2 aromatic rings. The summed E-state index contributed by atoms with van der Waals surface area (Å²) in [5.74, 6) is -0.554. The van der Waals surface area contributed by atoms with Gasteiger partial charge in [0.05, 0.1) is 18.7 Å². The van der Waals surface area contributed by atoms with Gasteiger partial charge in [0.1, 0.15) is 11.7 Å². The molecule has 0 radical (unpaired) electrons. The molecule has 0 aliphatic heterocycles. The molecule has 2 rings (SSSR count). The van der Waals surface area contributed by atoms with E-state index in [2.05, 4.69) is 6.07 Å². The average molecular weight is 279 g/mol. The van der Waals surface area contributed by atoms with Gasteiger partial charge in [0.15, 0.2) is 5.78 Å². The van der Waals surface area contributed by atoms with Gasteiger partial charge < -0.3 is 4.74 Å². The third-order valence-corrected chi connectivity index (χ3v) is 3.42. The molecule has 0 saturated heterocycles. The zero-order valence-corrected chi connectivity index (χ0v) is 12.4. The van der Waals surface area contributed by atoms with Crippen LogP contribution in [0.1, 0.15) is 33.0 Å². The van der Waals surface area contributed by atoms with Crippen LogP contribution in [0.25, 0.3) is 0 Å². The minimum Gasteiger partial charge on any atom is -0.496 e. The molecule has 106 valence electrons. The number of methoxy groups -OCH3 is 1. The smallest absolute Gasteiger partial charge is 0.188 e. The van der Waals surface area contributed by atoms with Crippen LogP contribution in [-0.4, -0.2) is 12.9 Å². The van der Waals surface area contributed by atoms with Gasteiger partial charge in [0.2, 0.25) is 0 Å². The summed E-state index contributed by atoms with van der Waals surface area (Å²) in [4.78, 5) is 12.7. The number of carbonyl (C=O) groups excluding carboxylic acids is 1. The van der Waals surface area contributed by atoms with Crippen LogP contribution >= 0.6 is 0 Å². The second kappa shape index (κ2) is 6.23. The minimum absolute atomic E-state index is 0.234. The van der Waals surface area contributed by atoms with Gasteiger partial charge in [0, 0.05) is 0 Å². The fourth-order valence-corrected chi connectivity index (χ4v) is 2.21. The van der Waals surface area contributed by atoms with Crippen molar-refractivity contribution in [2.75, 3.05) is 7.11 Å². The molecule has 0 fully saturated rings. The number of ether oxygens (including phenoxy) is 1. The lowest BCUT2D eigenvalue weighted by Gasteiger charge is -2.13. The number of Topliss-reactive ketones (excluding diaryl/α,β-unsaturated/α-hetero) is 1. The van der Waals surface area contributed by atoms with Crippen LogP contribution in [0.15, 0.2) is 42.5 Å². The van der Waals surface area contributed by atoms with E-state index in [1.165, 1.54) is 7.11 Å². The Bertz CT molecular complexity index is 696. The van der Waals surface area contributed by atoms with Gasteiger partial charge in [-0.25, -0.2) is 0 Å². The first-order valence-corrected chi connectivity index (χ1v) is 6.72. The molecule has 3 heteroatoms. The summed E-state index contributed by atoms with van der Waals surface area (Å²) in [7, 11) is 1.52. The Hall–Kier alpha value is -2.60. The van der Waals surface area contributed by atoms with Crippen molar-refractivity contribution >= 4 is 5.78 Å². The second-order valence-corrected chi connectivity index (χ2v) is 5.04. The van der Waals surface area contributed by atoms with Crippen molar-refractivity contribution in [3.8, 4) is 11.8 Å². The molecule has 0 aliphatic carbocycles. The van der Waals surface area contributed by atoms with Crippen LogP contribution in [0, 0.1) is 25.2 Å². The molecule has 1 unspecified atom stereocenters. The predicted molar refractivity (Wildman–Crippen MR) is 81.6 cm³/mol. The van der Waals surface area contributed by atoms with Crippen LogP contribution in [0.4, 0.5) is 0 Å². The van der Waals surface area contributed by atoms with Crippen LogP contribution in [0.5, 0.6) is 5.75 Å². The quantitative estimate of drug-likeness (QED) is 0.800. The fourth-order valence-electron chi connectivity index (χ4n) is 2.21. The van der Waals surface area contributed by atoms with Gasteiger partial charge in [-0.3, -0.25) is 4.79 Å². The average Bonchev–Trinajstić information content (AvgIpc) is 2.49. The number of carbonyl (C=O) groups is 1. The Morgan fingerprint density at radius 2 is 1.71 bits per heavy atom. The first kappa shape index (κ1) is 14.8. The van der Waals surface area contributed by atoms with Crippen LogP contribution in [0.3, 0.4) is 0 Å². The van der Waals surface area contributed by atoms with Crippen LogP contribution in [0.2, 0.25) is 0 Å². The van der Waals surface area contributed by atoms with E-state index in [0.717, 1.165) is 11.1 Å². The number of nitrogens with zero attached hydrogens (tertiary/aromatic N) is 1. The van der Waals surface area contributed by atoms with E-state index < -0.39 is 5.92 Å². The summed E-state index contributed by atoms with van der Waals surface area (Å²) in [5, 5.41) is 9.40. The molecule has 0 N–H and O–H groups in total. The standard InChI is InChI=1S/C18H17NO2/c1-12-4-7-14(8-5-12)16(11-19)18(20)15-10-13(2)6-9-17(15)21-3/h4-10,16H,1-3H3. The lowest BCUT2D eigenvalue weighted by atomic mass is 9.90. The summed E-state index contributed by atoms with van der Waals surface area (Å²) in [6, 6.07) is 15.0. The van der Waals surface area contributed by atoms with Gasteiger partial charge in [0.25, 0.3) is 0 Å². The maximum Gasteiger partial charge on any atom is 0.188 e. The van der Waals surface area contributed by atoms with E-state index in [0.29, 0.717) is 16.9 Å². The Labute approximate surface area is 124 Å². The van der Waals surface area contributed by atoms with Gasteiger partial charge in [-0.1, -0.05) is 41.5 Å². The van der Waals surface area contributed by atoms with Crippen LogP contribution < -0.4 is 4.74 Å². The molecule has 0 bridgehead atoms. The monoisotopic (exact) mass is 279 g/mol. The van der Waals surface area contributed by atoms with Gasteiger partial charge >= 0.3 is 0 Å². The number of nitriles is 1. The molecule has 0 aliphatic rings. The van der Waals surface area contributed by atoms with E-state index in [4.69, 9.17) is 4.74 Å². The summed E-state index contributed by atoms with van der Waals surface area (Å²) >= 11 is 0. The Morgan fingerprint density at radius 1 is 1.10 bits per heavy atom. The van der Waals surface area contributed by atoms with Gasteiger partial charge in [-0.2, -0.15) is 5.26 Å². The van der Waals surface area contributed by atoms with Gasteiger partial charge in [-0.05, 0) is 31.5 Å². The summed E-state index contributed by atoms with van der Waals surface area (Å²) in [5.41, 5.74) is 3.21. The molecule has 0 amide bonds. The van der Waals surface area contributed by atoms with Crippen molar-refractivity contribution in [2.45, 2.75) is 19.8 Å². The topological polar surface area (TPSA) is 50.1 Å². The van der Waals surface area contributed by atoms with Crippen LogP contribution in [-0.2, 0) is 0 Å². The molecule has 0 saturated carbocycles. The normalized spacial score (nSPS) is 11.5. The summed E-state index contributed by atoms with van der Waals surface area (Å²) in [6.07, 6.45) is 0. The molecule has 0 aromatic heterocycles. The van der Waals surface area contributed by atoms with E-state index >= 15 is 0 Å². The zero-order valence-electron chi connectivity index (χ0n) is 12.4. The highest BCUT2D eigenvalue weighted by molar-refractivity contribution is 6.05. The van der Waals surface area contributed by atoms with Crippen molar-refractivity contribution in [3.05, 3.63) is 64.7 Å². The van der Waals surface area contributed by atoms with Crippen molar-refractivity contribution in [2.24, 2.45) is 0 Å². The number of rotatable bonds is 4. The maximum atomic E-state index is 12.7. The highest BCUT2D eigenvalue weighted by Gasteiger charge is 2.24. The second-order valence-electron chi connectivity index (χ2n) is 5.04. The molecule has 0 heterocycles. The first-order chi connectivity index (χ1) is 10.1. The van der Waals surface area contributed by atoms with Crippen molar-refractivity contribution in [3.63, 3.8) is 0 Å². The minimum atomic E-state index is -0.818. The van der Waals surface area contributed by atoms with E-state index in [1.54, 1.807) is 12.1 Å². The van der Waals surface area contributed by atoms with Crippen molar-refractivity contribution in [1.29, 1.82) is 5.26 Å². The molecular formula is C18H17NO2. The summed E-state index contributed by atoms with van der Waals surface area (Å²) in [6.45, 7) is 3.88. The third-order valence-electron chi connectivity index (χ3n) is 3.42. The largest absolute Gasteiger partial charge is 0.496 e. The number of ketones is 1. The summed E-state index contributed by atoms with van der Waals surface area (Å²) < 4.78 is 5.24. The molecule has 3 nitrogen and oxygen atoms in total. The van der Waals surface area contributed by atoms with Crippen molar-refractivity contribution < 1.29 is 9.53 Å². The number of hydrogen-bond donors (Lipinski definition) is 0. The van der Waals surface area contributed by atoms with E-state index in [9.17, 15) is 10.1 Å². The number of aryl methyl sites for hydroxylation is 2. The fraction of sp³-hybridized carbons (Fsp3) is 0.222. The van der Waals surface area contributed by atoms with Crippen molar-refractivity contribution in [1.82, 2.24) is 0 Å². The maximum absolute atomic E-state index is 12.7. The molecular weight excluding hydrogens is 262 g/mol. The Balaban J connectivity index is 2.44. The third kappa shape index (κ3) is 3.11. The van der Waals surface area contributed by atoms with Gasteiger partial charge in [-0.15, -0.1) is 0 Å².